The SMILES string of the molecule is CC1(C)CC(C(=O)Cn2cc(CN)nn2)C(C)(C)O1. The maximum Gasteiger partial charge on any atom is 0.160 e. The number of Topliss-reactive ketones (excluding diaryl/α,β-unsaturated/α-hetero) is 1. The molecular formula is C13H22N4O2. The topological polar surface area (TPSA) is 83.0 Å². The number of nitrogens with two attached hydrogens (primary N) is 1. The molecule has 0 bridgehead atoms. The molecule has 2 N–H and O–H groups in total. The van der Waals surface area contributed by atoms with Crippen LogP contribution in [0.2, 0.25) is 0 Å². The van der Waals surface area contributed by atoms with E-state index >= 15 is 0 Å². The van der Waals surface area contributed by atoms with Crippen LogP contribution in [0.5, 0.6) is 0 Å². The van der Waals surface area contributed by atoms with Gasteiger partial charge < -0.3 is 10.5 Å². The third-order valence-electron chi connectivity index (χ3n) is 3.58. The van der Waals surface area contributed by atoms with Crippen LogP contribution in [0, 0.1) is 5.92 Å². The van der Waals surface area contributed by atoms with Crippen molar-refractivity contribution in [3.05, 3.63) is 11.9 Å². The molecule has 1 unspecified atom stereocenters. The van der Waals surface area contributed by atoms with Crippen LogP contribution in [0.25, 0.3) is 0 Å². The maximum atomic E-state index is 12.4. The predicted molar refractivity (Wildman–Crippen MR) is 70.3 cm³/mol. The summed E-state index contributed by atoms with van der Waals surface area (Å²) in [5.74, 6) is 0.0112. The lowest BCUT2D eigenvalue weighted by Gasteiger charge is -2.26. The van der Waals surface area contributed by atoms with Gasteiger partial charge in [-0.05, 0) is 34.1 Å². The lowest BCUT2D eigenvalue weighted by atomic mass is 9.84. The molecule has 0 saturated carbocycles. The van der Waals surface area contributed by atoms with Crippen LogP contribution in [-0.4, -0.2) is 32.0 Å². The van der Waals surface area contributed by atoms with Crippen molar-refractivity contribution >= 4 is 5.78 Å². The second-order valence-electron chi connectivity index (χ2n) is 6.30. The Labute approximate surface area is 113 Å². The van der Waals surface area contributed by atoms with Crippen LogP contribution in [0.3, 0.4) is 0 Å². The minimum atomic E-state index is -0.433. The zero-order valence-electron chi connectivity index (χ0n) is 12.0. The Morgan fingerprint density at radius 3 is 2.68 bits per heavy atom. The van der Waals surface area contributed by atoms with Crippen molar-refractivity contribution < 1.29 is 9.53 Å². The zero-order valence-corrected chi connectivity index (χ0v) is 12.0. The first-order valence-corrected chi connectivity index (χ1v) is 6.55. The highest BCUT2D eigenvalue weighted by Crippen LogP contribution is 2.42. The van der Waals surface area contributed by atoms with Gasteiger partial charge in [-0.3, -0.25) is 4.79 Å². The standard InChI is InChI=1S/C13H22N4O2/c1-12(2)5-10(13(3,4)19-12)11(18)8-17-7-9(6-14)15-16-17/h7,10H,5-6,8,14H2,1-4H3. The summed E-state index contributed by atoms with van der Waals surface area (Å²) in [5.41, 5.74) is 5.48. The highest BCUT2D eigenvalue weighted by Gasteiger charge is 2.48. The summed E-state index contributed by atoms with van der Waals surface area (Å²) >= 11 is 0. The van der Waals surface area contributed by atoms with Crippen molar-refractivity contribution in [2.75, 3.05) is 0 Å². The largest absolute Gasteiger partial charge is 0.369 e. The number of ketones is 1. The number of hydrogen-bond acceptors (Lipinski definition) is 5. The molecule has 6 heteroatoms. The van der Waals surface area contributed by atoms with E-state index in [0.717, 1.165) is 6.42 Å². The molecule has 2 rings (SSSR count). The fourth-order valence-electron chi connectivity index (χ4n) is 2.84. The number of hydrogen-bond donors (Lipinski definition) is 1. The normalized spacial score (nSPS) is 24.6. The predicted octanol–water partition coefficient (Wildman–Crippen LogP) is 0.900. The summed E-state index contributed by atoms with van der Waals surface area (Å²) in [7, 11) is 0. The van der Waals surface area contributed by atoms with Crippen LogP contribution < -0.4 is 5.73 Å². The van der Waals surface area contributed by atoms with Gasteiger partial charge in [0.1, 0.15) is 6.54 Å². The van der Waals surface area contributed by atoms with Crippen LogP contribution in [0.1, 0.15) is 39.8 Å². The summed E-state index contributed by atoms with van der Waals surface area (Å²) in [5, 5.41) is 7.79. The summed E-state index contributed by atoms with van der Waals surface area (Å²) in [6.45, 7) is 8.53. The molecule has 1 aromatic heterocycles. The van der Waals surface area contributed by atoms with Crippen molar-refractivity contribution in [3.63, 3.8) is 0 Å². The molecule has 1 atom stereocenters. The summed E-state index contributed by atoms with van der Waals surface area (Å²) < 4.78 is 7.50. The van der Waals surface area contributed by atoms with Gasteiger partial charge in [0.2, 0.25) is 0 Å². The van der Waals surface area contributed by atoms with Crippen LogP contribution >= 0.6 is 0 Å². The molecule has 19 heavy (non-hydrogen) atoms. The van der Waals surface area contributed by atoms with E-state index in [1.807, 2.05) is 27.7 Å². The van der Waals surface area contributed by atoms with Gasteiger partial charge in [-0.15, -0.1) is 5.10 Å². The minimum Gasteiger partial charge on any atom is -0.369 e. The van der Waals surface area contributed by atoms with Gasteiger partial charge in [0.05, 0.1) is 29.0 Å². The van der Waals surface area contributed by atoms with E-state index < -0.39 is 5.60 Å². The molecule has 1 aliphatic heterocycles. The molecule has 1 aliphatic rings. The average Bonchev–Trinajstić information content (AvgIpc) is 2.79. The van der Waals surface area contributed by atoms with E-state index in [-0.39, 0.29) is 23.8 Å². The molecule has 0 spiro atoms. The molecule has 0 aliphatic carbocycles. The van der Waals surface area contributed by atoms with Crippen LogP contribution in [0.15, 0.2) is 6.20 Å². The van der Waals surface area contributed by atoms with E-state index in [1.165, 1.54) is 0 Å². The van der Waals surface area contributed by atoms with Crippen molar-refractivity contribution in [1.82, 2.24) is 15.0 Å². The van der Waals surface area contributed by atoms with Gasteiger partial charge in [0, 0.05) is 6.54 Å². The molecule has 2 heterocycles. The Morgan fingerprint density at radius 2 is 2.21 bits per heavy atom. The highest BCUT2D eigenvalue weighted by atomic mass is 16.5. The monoisotopic (exact) mass is 266 g/mol. The van der Waals surface area contributed by atoms with E-state index in [1.54, 1.807) is 10.9 Å². The second-order valence-corrected chi connectivity index (χ2v) is 6.30. The van der Waals surface area contributed by atoms with Gasteiger partial charge in [0.15, 0.2) is 5.78 Å². The van der Waals surface area contributed by atoms with Crippen LogP contribution in [0.4, 0.5) is 0 Å². The quantitative estimate of drug-likeness (QED) is 0.875. The molecule has 0 aromatic carbocycles. The highest BCUT2D eigenvalue weighted by molar-refractivity contribution is 5.82. The van der Waals surface area contributed by atoms with E-state index in [4.69, 9.17) is 10.5 Å². The number of carbonyl (C=O) groups excluding carboxylic acids is 1. The minimum absolute atomic E-state index is 0.118. The Bertz CT molecular complexity index is 479. The molecule has 106 valence electrons. The Morgan fingerprint density at radius 1 is 1.53 bits per heavy atom. The van der Waals surface area contributed by atoms with Gasteiger partial charge >= 0.3 is 0 Å². The smallest absolute Gasteiger partial charge is 0.160 e. The second kappa shape index (κ2) is 4.68. The van der Waals surface area contributed by atoms with Gasteiger partial charge in [-0.1, -0.05) is 5.21 Å². The van der Waals surface area contributed by atoms with Gasteiger partial charge in [-0.2, -0.15) is 0 Å². The van der Waals surface area contributed by atoms with Crippen molar-refractivity contribution in [3.8, 4) is 0 Å². The van der Waals surface area contributed by atoms with Crippen molar-refractivity contribution in [2.24, 2.45) is 11.7 Å². The first-order chi connectivity index (χ1) is 8.73. The fraction of sp³-hybridized carbons (Fsp3) is 0.769. The molecule has 6 nitrogen and oxygen atoms in total. The number of rotatable bonds is 4. The van der Waals surface area contributed by atoms with Crippen molar-refractivity contribution in [2.45, 2.75) is 58.4 Å². The summed E-state index contributed by atoms with van der Waals surface area (Å²) in [6.07, 6.45) is 2.45. The van der Waals surface area contributed by atoms with Gasteiger partial charge in [-0.25, -0.2) is 4.68 Å². The van der Waals surface area contributed by atoms with Crippen molar-refractivity contribution in [1.29, 1.82) is 0 Å². The van der Waals surface area contributed by atoms with E-state index in [2.05, 4.69) is 10.3 Å². The third-order valence-corrected chi connectivity index (χ3v) is 3.58. The molecule has 1 aromatic rings. The number of ether oxygens (including phenoxy) is 1. The number of nitrogens with zero attached hydrogens (tertiary/aromatic N) is 3. The lowest BCUT2D eigenvalue weighted by Crippen LogP contribution is -2.35. The van der Waals surface area contributed by atoms with E-state index in [9.17, 15) is 4.79 Å². The first-order valence-electron chi connectivity index (χ1n) is 6.55. The number of aromatic nitrogens is 3. The third kappa shape index (κ3) is 3.01. The summed E-state index contributed by atoms with van der Waals surface area (Å²) in [4.78, 5) is 12.4. The van der Waals surface area contributed by atoms with E-state index in [0.29, 0.717) is 12.2 Å². The Balaban J connectivity index is 2.08. The zero-order chi connectivity index (χ0) is 14.3. The maximum absolute atomic E-state index is 12.4. The Kier molecular flexibility index (Phi) is 3.49. The van der Waals surface area contributed by atoms with Crippen LogP contribution in [-0.2, 0) is 22.6 Å². The van der Waals surface area contributed by atoms with Gasteiger partial charge in [0.25, 0.3) is 0 Å². The summed E-state index contributed by atoms with van der Waals surface area (Å²) in [6, 6.07) is 0. The molecule has 0 radical (unpaired) electrons. The Hall–Kier alpha value is -1.27. The molecule has 0 amide bonds. The molecular weight excluding hydrogens is 244 g/mol. The number of carbonyl (C=O) groups is 1. The molecule has 1 fully saturated rings. The lowest BCUT2D eigenvalue weighted by molar-refractivity contribution is -0.130. The fourth-order valence-corrected chi connectivity index (χ4v) is 2.84. The first kappa shape index (κ1) is 14.1. The average molecular weight is 266 g/mol. The molecule has 1 saturated heterocycles.